The van der Waals surface area contributed by atoms with E-state index < -0.39 is 0 Å². The number of fused-ring (bicyclic) bond motifs is 1. The molecule has 0 aliphatic heterocycles. The monoisotopic (exact) mass is 358 g/mol. The van der Waals surface area contributed by atoms with Crippen LogP contribution in [-0.2, 0) is 0 Å². The third-order valence-corrected chi connectivity index (χ3v) is 5.40. The summed E-state index contributed by atoms with van der Waals surface area (Å²) in [5.74, 6) is 0. The molecule has 28 heavy (non-hydrogen) atoms. The molecule has 0 radical (unpaired) electrons. The number of rotatable bonds is 2. The van der Waals surface area contributed by atoms with Gasteiger partial charge in [0, 0.05) is 0 Å². The Kier molecular flexibility index (Phi) is 4.40. The minimum atomic E-state index is 0.680. The molecule has 0 spiro atoms. The number of nitrogens with zero attached hydrogens (tertiary/aromatic N) is 2. The lowest BCUT2D eigenvalue weighted by Crippen LogP contribution is -1.95. The van der Waals surface area contributed by atoms with Crippen LogP contribution in [0.15, 0.2) is 72.8 Å². The van der Waals surface area contributed by atoms with Crippen molar-refractivity contribution in [3.63, 3.8) is 0 Å². The molecule has 0 amide bonds. The largest absolute Gasteiger partial charge is 0.192 e. The molecule has 0 saturated heterocycles. The van der Waals surface area contributed by atoms with Gasteiger partial charge in [-0.3, -0.25) is 0 Å². The summed E-state index contributed by atoms with van der Waals surface area (Å²) < 4.78 is 0. The summed E-state index contributed by atoms with van der Waals surface area (Å²) in [6.45, 7) is 3.99. The van der Waals surface area contributed by atoms with E-state index in [2.05, 4.69) is 48.5 Å². The number of hydrogen-bond donors (Lipinski definition) is 0. The third kappa shape index (κ3) is 2.73. The maximum Gasteiger partial charge on any atom is 0.0994 e. The number of nitriles is 2. The lowest BCUT2D eigenvalue weighted by atomic mass is 9.85. The second-order valence-corrected chi connectivity index (χ2v) is 6.89. The van der Waals surface area contributed by atoms with Gasteiger partial charge in [0.25, 0.3) is 0 Å². The second-order valence-electron chi connectivity index (χ2n) is 6.89. The highest BCUT2D eigenvalue weighted by molar-refractivity contribution is 6.05. The van der Waals surface area contributed by atoms with Crippen LogP contribution in [0.25, 0.3) is 33.0 Å². The van der Waals surface area contributed by atoms with Gasteiger partial charge < -0.3 is 0 Å². The zero-order chi connectivity index (χ0) is 19.7. The van der Waals surface area contributed by atoms with E-state index in [1.807, 2.05) is 50.2 Å². The molecular formula is C26H18N2. The quantitative estimate of drug-likeness (QED) is 0.409. The van der Waals surface area contributed by atoms with Crippen molar-refractivity contribution in [2.75, 3.05) is 0 Å². The van der Waals surface area contributed by atoms with E-state index >= 15 is 0 Å². The Labute approximate surface area is 164 Å². The Morgan fingerprint density at radius 1 is 0.571 bits per heavy atom. The molecule has 0 atom stereocenters. The van der Waals surface area contributed by atoms with E-state index in [-0.39, 0.29) is 0 Å². The van der Waals surface area contributed by atoms with Crippen LogP contribution in [0, 0.1) is 36.5 Å². The van der Waals surface area contributed by atoms with E-state index in [4.69, 9.17) is 0 Å². The minimum absolute atomic E-state index is 0.680. The average Bonchev–Trinajstić information content (AvgIpc) is 2.73. The van der Waals surface area contributed by atoms with Crippen LogP contribution in [0.1, 0.15) is 22.3 Å². The van der Waals surface area contributed by atoms with Crippen LogP contribution >= 0.6 is 0 Å². The van der Waals surface area contributed by atoms with Crippen LogP contribution < -0.4 is 0 Å². The highest BCUT2D eigenvalue weighted by atomic mass is 14.3. The van der Waals surface area contributed by atoms with Gasteiger partial charge in [-0.15, -0.1) is 0 Å². The summed E-state index contributed by atoms with van der Waals surface area (Å²) in [6, 6.07) is 28.8. The molecule has 0 aromatic heterocycles. The minimum Gasteiger partial charge on any atom is -0.192 e. The predicted molar refractivity (Wildman–Crippen MR) is 114 cm³/mol. The fourth-order valence-corrected chi connectivity index (χ4v) is 3.86. The summed E-state index contributed by atoms with van der Waals surface area (Å²) in [7, 11) is 0. The van der Waals surface area contributed by atoms with Crippen molar-refractivity contribution in [1.82, 2.24) is 0 Å². The molecule has 132 valence electrons. The lowest BCUT2D eigenvalue weighted by molar-refractivity contribution is 1.38. The normalized spacial score (nSPS) is 10.4. The van der Waals surface area contributed by atoms with Crippen LogP contribution in [0.4, 0.5) is 0 Å². The molecule has 0 saturated carbocycles. The molecule has 0 heterocycles. The molecule has 4 rings (SSSR count). The second kappa shape index (κ2) is 7.03. The third-order valence-electron chi connectivity index (χ3n) is 5.40. The van der Waals surface area contributed by atoms with Crippen molar-refractivity contribution in [2.24, 2.45) is 0 Å². The maximum atomic E-state index is 9.52. The Balaban J connectivity index is 2.15. The van der Waals surface area contributed by atoms with Gasteiger partial charge in [0.1, 0.15) is 0 Å². The molecule has 2 heteroatoms. The van der Waals surface area contributed by atoms with Crippen molar-refractivity contribution >= 4 is 10.8 Å². The standard InChI is InChI=1S/C26H18N2/c1-17-20(15-27)8-5-11-22(17)25-14-13-19-7-3-4-10-24(19)26(25)23-12-6-9-21(16-28)18(23)2/h3-14H,1-2H3. The first-order chi connectivity index (χ1) is 13.7. The first-order valence-electron chi connectivity index (χ1n) is 9.17. The Hall–Kier alpha value is -3.88. The first-order valence-corrected chi connectivity index (χ1v) is 9.17. The van der Waals surface area contributed by atoms with Gasteiger partial charge >= 0.3 is 0 Å². The van der Waals surface area contributed by atoms with Gasteiger partial charge in [0.2, 0.25) is 0 Å². The first kappa shape index (κ1) is 17.5. The van der Waals surface area contributed by atoms with Crippen LogP contribution in [0.2, 0.25) is 0 Å². The van der Waals surface area contributed by atoms with Crippen molar-refractivity contribution in [3.8, 4) is 34.4 Å². The average molecular weight is 358 g/mol. The van der Waals surface area contributed by atoms with E-state index in [0.29, 0.717) is 11.1 Å². The van der Waals surface area contributed by atoms with E-state index in [9.17, 15) is 10.5 Å². The molecule has 0 bridgehead atoms. The summed E-state index contributed by atoms with van der Waals surface area (Å²) >= 11 is 0. The molecule has 0 fully saturated rings. The van der Waals surface area contributed by atoms with E-state index in [1.165, 1.54) is 0 Å². The number of hydrogen-bond acceptors (Lipinski definition) is 2. The van der Waals surface area contributed by atoms with Gasteiger partial charge in [-0.1, -0.05) is 60.7 Å². The zero-order valence-electron chi connectivity index (χ0n) is 15.8. The fraction of sp³-hybridized carbons (Fsp3) is 0.0769. The Morgan fingerprint density at radius 2 is 1.18 bits per heavy atom. The predicted octanol–water partition coefficient (Wildman–Crippen LogP) is 6.53. The number of benzene rings is 4. The van der Waals surface area contributed by atoms with Crippen LogP contribution in [0.5, 0.6) is 0 Å². The molecule has 2 nitrogen and oxygen atoms in total. The summed E-state index contributed by atoms with van der Waals surface area (Å²) in [5, 5.41) is 21.3. The van der Waals surface area contributed by atoms with Crippen LogP contribution in [0.3, 0.4) is 0 Å². The topological polar surface area (TPSA) is 47.6 Å². The van der Waals surface area contributed by atoms with Crippen molar-refractivity contribution in [2.45, 2.75) is 13.8 Å². The Bertz CT molecular complexity index is 1300. The van der Waals surface area contributed by atoms with Crippen molar-refractivity contribution < 1.29 is 0 Å². The summed E-state index contributed by atoms with van der Waals surface area (Å²) in [5.41, 5.74) is 7.57. The molecule has 0 unspecified atom stereocenters. The van der Waals surface area contributed by atoms with Crippen molar-refractivity contribution in [1.29, 1.82) is 10.5 Å². The van der Waals surface area contributed by atoms with Gasteiger partial charge in [-0.25, -0.2) is 0 Å². The van der Waals surface area contributed by atoms with E-state index in [1.54, 1.807) is 0 Å². The Morgan fingerprint density at radius 3 is 1.86 bits per heavy atom. The molecule has 0 aliphatic rings. The SMILES string of the molecule is Cc1c(C#N)cccc1-c1ccc2ccccc2c1-c1cccc(C#N)c1C. The molecule has 0 N–H and O–H groups in total. The summed E-state index contributed by atoms with van der Waals surface area (Å²) in [4.78, 5) is 0. The molecule has 4 aromatic carbocycles. The smallest absolute Gasteiger partial charge is 0.0994 e. The zero-order valence-corrected chi connectivity index (χ0v) is 15.8. The summed E-state index contributed by atoms with van der Waals surface area (Å²) in [6.07, 6.45) is 0. The molecule has 0 aliphatic carbocycles. The van der Waals surface area contributed by atoms with Gasteiger partial charge in [0.15, 0.2) is 0 Å². The van der Waals surface area contributed by atoms with Gasteiger partial charge in [0.05, 0.1) is 23.3 Å². The van der Waals surface area contributed by atoms with E-state index in [0.717, 1.165) is 44.2 Å². The van der Waals surface area contributed by atoms with Crippen molar-refractivity contribution in [3.05, 3.63) is 95.1 Å². The van der Waals surface area contributed by atoms with Gasteiger partial charge in [-0.2, -0.15) is 10.5 Å². The highest BCUT2D eigenvalue weighted by Crippen LogP contribution is 2.41. The molecular weight excluding hydrogens is 340 g/mol. The maximum absolute atomic E-state index is 9.52. The molecule has 4 aromatic rings. The lowest BCUT2D eigenvalue weighted by Gasteiger charge is -2.18. The fourth-order valence-electron chi connectivity index (χ4n) is 3.86. The highest BCUT2D eigenvalue weighted by Gasteiger charge is 2.17. The van der Waals surface area contributed by atoms with Gasteiger partial charge in [-0.05, 0) is 70.1 Å². The van der Waals surface area contributed by atoms with Crippen LogP contribution in [-0.4, -0.2) is 0 Å².